The Morgan fingerprint density at radius 3 is 2.38 bits per heavy atom. The summed E-state index contributed by atoms with van der Waals surface area (Å²) in [5, 5.41) is 3.70. The van der Waals surface area contributed by atoms with Crippen LogP contribution in [-0.2, 0) is 17.9 Å². The van der Waals surface area contributed by atoms with Crippen LogP contribution in [0.25, 0.3) is 11.0 Å². The van der Waals surface area contributed by atoms with E-state index >= 15 is 0 Å². The van der Waals surface area contributed by atoms with E-state index in [0.717, 1.165) is 15.9 Å². The molecule has 3 aromatic heterocycles. The van der Waals surface area contributed by atoms with Gasteiger partial charge in [0, 0.05) is 18.8 Å². The number of hydrogen-bond acceptors (Lipinski definition) is 9. The molecule has 40 heavy (non-hydrogen) atoms. The third-order valence-corrected chi connectivity index (χ3v) is 6.02. The molecule has 10 nitrogen and oxygen atoms in total. The number of pyridine rings is 2. The monoisotopic (exact) mass is 537 g/mol. The van der Waals surface area contributed by atoms with Gasteiger partial charge < -0.3 is 19.6 Å². The van der Waals surface area contributed by atoms with Gasteiger partial charge in [0.1, 0.15) is 18.7 Å². The van der Waals surface area contributed by atoms with E-state index in [-0.39, 0.29) is 36.7 Å². The molecule has 0 fully saturated rings. The van der Waals surface area contributed by atoms with Gasteiger partial charge in [0.15, 0.2) is 11.2 Å². The van der Waals surface area contributed by atoms with Crippen molar-refractivity contribution in [2.24, 2.45) is 0 Å². The molecule has 0 unspecified atom stereocenters. The van der Waals surface area contributed by atoms with Crippen molar-refractivity contribution in [3.8, 4) is 11.6 Å². The number of rotatable bonds is 10. The average molecular weight is 538 g/mol. The number of para-hydroxylation sites is 1. The number of hydrogen-bond donors (Lipinski definition) is 1. The van der Waals surface area contributed by atoms with Gasteiger partial charge in [0.25, 0.3) is 0 Å². The Labute approximate surface area is 230 Å². The smallest absolute Gasteiger partial charge is 0.346 e. The lowest BCUT2D eigenvalue weighted by Gasteiger charge is -2.18. The molecule has 0 saturated heterocycles. The Balaban J connectivity index is 1.49. The zero-order valence-electron chi connectivity index (χ0n) is 22.0. The van der Waals surface area contributed by atoms with Crippen molar-refractivity contribution in [3.63, 3.8) is 0 Å². The first-order valence-electron chi connectivity index (χ1n) is 12.7. The lowest BCUT2D eigenvalue weighted by atomic mass is 10.1. The molecule has 5 rings (SSSR count). The van der Waals surface area contributed by atoms with E-state index in [2.05, 4.69) is 20.3 Å². The van der Waals surface area contributed by atoms with Crippen LogP contribution in [0.4, 0.5) is 5.69 Å². The summed E-state index contributed by atoms with van der Waals surface area (Å²) in [5.74, 6) is 0.342. The van der Waals surface area contributed by atoms with E-state index in [9.17, 15) is 9.59 Å². The molecule has 2 aromatic carbocycles. The number of carbonyl (C=O) groups is 1. The molecule has 0 amide bonds. The zero-order chi connectivity index (χ0) is 27.9. The topological polar surface area (TPSA) is 117 Å². The predicted octanol–water partition coefficient (Wildman–Crippen LogP) is 4.70. The molecule has 5 aromatic rings. The number of aromatic nitrogens is 4. The lowest BCUT2D eigenvalue weighted by molar-refractivity contribution is 0.0513. The van der Waals surface area contributed by atoms with Crippen LogP contribution < -0.4 is 20.5 Å². The molecule has 0 aliphatic carbocycles. The quantitative estimate of drug-likeness (QED) is 0.253. The lowest BCUT2D eigenvalue weighted by Crippen LogP contribution is -2.34. The van der Waals surface area contributed by atoms with Crippen molar-refractivity contribution in [3.05, 3.63) is 118 Å². The molecular weight excluding hydrogens is 510 g/mol. The van der Waals surface area contributed by atoms with Crippen molar-refractivity contribution >= 4 is 22.7 Å². The maximum absolute atomic E-state index is 13.7. The molecule has 202 valence electrons. The molecule has 0 saturated carbocycles. The second-order valence-electron chi connectivity index (χ2n) is 8.76. The Bertz CT molecular complexity index is 1670. The summed E-state index contributed by atoms with van der Waals surface area (Å²) in [6.07, 6.45) is 3.01. The third kappa shape index (κ3) is 5.75. The van der Waals surface area contributed by atoms with Gasteiger partial charge in [0.2, 0.25) is 5.88 Å². The Kier molecular flexibility index (Phi) is 7.96. The third-order valence-electron chi connectivity index (χ3n) is 6.02. The van der Waals surface area contributed by atoms with Gasteiger partial charge in [-0.2, -0.15) is 0 Å². The summed E-state index contributed by atoms with van der Waals surface area (Å²) in [6, 6.07) is 22.3. The summed E-state index contributed by atoms with van der Waals surface area (Å²) in [4.78, 5) is 45.7. The summed E-state index contributed by atoms with van der Waals surface area (Å²) >= 11 is 0. The second kappa shape index (κ2) is 12.1. The number of esters is 1. The van der Waals surface area contributed by atoms with Crippen LogP contribution in [0.2, 0.25) is 0 Å². The van der Waals surface area contributed by atoms with Gasteiger partial charge in [-0.3, -0.25) is 4.79 Å². The predicted molar refractivity (Wildman–Crippen MR) is 149 cm³/mol. The zero-order valence-corrected chi connectivity index (χ0v) is 22.0. The Morgan fingerprint density at radius 1 is 0.925 bits per heavy atom. The van der Waals surface area contributed by atoms with Crippen LogP contribution in [0.15, 0.2) is 90.1 Å². The molecule has 0 spiro atoms. The second-order valence-corrected chi connectivity index (χ2v) is 8.76. The molecule has 0 aliphatic heterocycles. The van der Waals surface area contributed by atoms with Crippen molar-refractivity contribution in [2.45, 2.75) is 27.0 Å². The largest absolute Gasteiger partial charge is 0.462 e. The summed E-state index contributed by atoms with van der Waals surface area (Å²) in [6.45, 7) is 3.89. The minimum absolute atomic E-state index is 0.0943. The first-order chi connectivity index (χ1) is 19.5. The number of anilines is 1. The molecule has 10 heteroatoms. The first kappa shape index (κ1) is 26.4. The van der Waals surface area contributed by atoms with Crippen molar-refractivity contribution in [2.75, 3.05) is 11.9 Å². The van der Waals surface area contributed by atoms with Crippen LogP contribution in [0.1, 0.15) is 34.1 Å². The highest BCUT2D eigenvalue weighted by Crippen LogP contribution is 2.28. The van der Waals surface area contributed by atoms with Crippen molar-refractivity contribution < 1.29 is 19.1 Å². The number of ether oxygens (including phenoxy) is 2. The summed E-state index contributed by atoms with van der Waals surface area (Å²) < 4.78 is 12.1. The van der Waals surface area contributed by atoms with Crippen LogP contribution in [0.3, 0.4) is 0 Å². The minimum atomic E-state index is -0.776. The van der Waals surface area contributed by atoms with E-state index in [1.807, 2.05) is 66.7 Å². The van der Waals surface area contributed by atoms with E-state index in [0.29, 0.717) is 22.7 Å². The summed E-state index contributed by atoms with van der Waals surface area (Å²) in [7, 11) is 0. The molecule has 1 N–H and O–H groups in total. The average Bonchev–Trinajstić information content (AvgIpc) is 2.97. The number of carbonyl (C=O) groups excluding carboxylic acids is 1. The van der Waals surface area contributed by atoms with E-state index in [1.165, 1.54) is 6.33 Å². The van der Waals surface area contributed by atoms with Gasteiger partial charge in [-0.25, -0.2) is 19.7 Å². The maximum Gasteiger partial charge on any atom is 0.346 e. The molecule has 3 heterocycles. The Morgan fingerprint density at radius 2 is 1.68 bits per heavy atom. The maximum atomic E-state index is 13.7. The van der Waals surface area contributed by atoms with E-state index < -0.39 is 11.5 Å². The fraction of sp³-hybridized carbons (Fsp3) is 0.167. The molecule has 0 radical (unpaired) electrons. The van der Waals surface area contributed by atoms with Crippen LogP contribution in [-0.4, -0.2) is 32.3 Å². The van der Waals surface area contributed by atoms with Crippen molar-refractivity contribution in [1.82, 2.24) is 19.7 Å². The normalized spacial score (nSPS) is 10.8. The highest BCUT2D eigenvalue weighted by molar-refractivity contribution is 6.04. The van der Waals surface area contributed by atoms with Gasteiger partial charge in [-0.05, 0) is 37.1 Å². The number of aryl methyl sites for hydroxylation is 1. The van der Waals surface area contributed by atoms with Gasteiger partial charge in [0.05, 0.1) is 23.4 Å². The fourth-order valence-electron chi connectivity index (χ4n) is 4.12. The molecular formula is C30H27N5O5. The van der Waals surface area contributed by atoms with Crippen LogP contribution in [0, 0.1) is 6.92 Å². The van der Waals surface area contributed by atoms with Crippen LogP contribution in [0.5, 0.6) is 11.6 Å². The first-order valence-corrected chi connectivity index (χ1v) is 12.7. The SMILES string of the molecule is CCOC(=O)c1c(NCc2ccc(Oc3ccccc3)nc2)c2c(C)ncnc2n(OCc2ccccc2)c1=O. The summed E-state index contributed by atoms with van der Waals surface area (Å²) in [5.41, 5.74) is 1.81. The number of benzene rings is 2. The van der Waals surface area contributed by atoms with E-state index in [4.69, 9.17) is 14.3 Å². The van der Waals surface area contributed by atoms with Gasteiger partial charge in [-0.1, -0.05) is 54.6 Å². The number of nitrogens with one attached hydrogen (secondary N) is 1. The van der Waals surface area contributed by atoms with Crippen LogP contribution >= 0.6 is 0 Å². The molecule has 0 atom stereocenters. The highest BCUT2D eigenvalue weighted by atomic mass is 16.7. The molecule has 0 aliphatic rings. The fourth-order valence-corrected chi connectivity index (χ4v) is 4.12. The molecule has 0 bridgehead atoms. The number of nitrogens with zero attached hydrogens (tertiary/aromatic N) is 4. The standard InChI is InChI=1S/C30H27N5O5/c1-3-38-30(37)26-27(32-17-22-14-15-24(31-16-22)40-23-12-8-5-9-13-23)25-20(2)33-19-34-28(25)35(29(26)36)39-18-21-10-6-4-7-11-21/h4-16,19,32H,3,17-18H2,1-2H3. The number of fused-ring (bicyclic) bond motifs is 1. The van der Waals surface area contributed by atoms with Crippen molar-refractivity contribution in [1.29, 1.82) is 0 Å². The minimum Gasteiger partial charge on any atom is -0.462 e. The van der Waals surface area contributed by atoms with E-state index in [1.54, 1.807) is 26.1 Å². The van der Waals surface area contributed by atoms with Gasteiger partial charge >= 0.3 is 11.5 Å². The highest BCUT2D eigenvalue weighted by Gasteiger charge is 2.26. The van der Waals surface area contributed by atoms with Gasteiger partial charge in [-0.15, -0.1) is 4.73 Å². The Hall–Kier alpha value is -5.25.